The maximum absolute atomic E-state index is 13.4. The molecule has 33 heavy (non-hydrogen) atoms. The molecule has 1 aromatic rings. The van der Waals surface area contributed by atoms with Crippen molar-refractivity contribution in [2.24, 2.45) is 17.6 Å². The number of rotatable bonds is 11. The largest absolute Gasteiger partial charge is 0.461 e. The van der Waals surface area contributed by atoms with Gasteiger partial charge in [-0.2, -0.15) is 0 Å². The van der Waals surface area contributed by atoms with Gasteiger partial charge in [0, 0.05) is 6.42 Å². The van der Waals surface area contributed by atoms with Crippen molar-refractivity contribution < 1.29 is 28.3 Å². The summed E-state index contributed by atoms with van der Waals surface area (Å²) in [5.74, 6) is -3.65. The Morgan fingerprint density at radius 3 is 2.42 bits per heavy atom. The van der Waals surface area contributed by atoms with Crippen LogP contribution < -0.4 is 11.2 Å². The number of alkyl halides is 2. The summed E-state index contributed by atoms with van der Waals surface area (Å²) in [6, 6.07) is 9.15. The Balaban J connectivity index is 2.05. The van der Waals surface area contributed by atoms with Gasteiger partial charge in [0.1, 0.15) is 6.61 Å². The normalized spacial score (nSPS) is 15.8. The Hall–Kier alpha value is -2.68. The van der Waals surface area contributed by atoms with E-state index in [0.717, 1.165) is 37.7 Å². The third-order valence-electron chi connectivity index (χ3n) is 5.65. The van der Waals surface area contributed by atoms with E-state index in [1.807, 2.05) is 30.3 Å². The molecule has 1 fully saturated rings. The molecule has 0 heterocycles. The summed E-state index contributed by atoms with van der Waals surface area (Å²) < 4.78 is 18.7. The molecule has 2 rings (SSSR count). The summed E-state index contributed by atoms with van der Waals surface area (Å²) in [5, 5.41) is 0.647. The lowest BCUT2D eigenvalue weighted by atomic mass is 9.81. The second-order valence-electron chi connectivity index (χ2n) is 8.27. The first-order valence-corrected chi connectivity index (χ1v) is 11.6. The van der Waals surface area contributed by atoms with Crippen molar-refractivity contribution in [1.82, 2.24) is 10.4 Å². The number of primary amides is 1. The first kappa shape index (κ1) is 26.6. The van der Waals surface area contributed by atoms with Gasteiger partial charge in [0.05, 0.1) is 18.9 Å². The predicted molar refractivity (Wildman–Crippen MR) is 120 cm³/mol. The number of amides is 3. The maximum atomic E-state index is 13.4. The molecule has 1 aliphatic rings. The molecule has 1 saturated carbocycles. The van der Waals surface area contributed by atoms with Crippen molar-refractivity contribution in [3.8, 4) is 0 Å². The first-order chi connectivity index (χ1) is 15.8. The Kier molecular flexibility index (Phi) is 11.1. The molecule has 3 amide bonds. The van der Waals surface area contributed by atoms with Gasteiger partial charge in [-0.05, 0) is 17.9 Å². The van der Waals surface area contributed by atoms with Crippen LogP contribution in [0.3, 0.4) is 0 Å². The summed E-state index contributed by atoms with van der Waals surface area (Å²) in [6.45, 7) is -0.252. The quantitative estimate of drug-likeness (QED) is 0.285. The zero-order chi connectivity index (χ0) is 24.2. The molecule has 3 N–H and O–H groups in total. The molecule has 0 aliphatic heterocycles. The second-order valence-corrected chi connectivity index (χ2v) is 8.65. The van der Waals surface area contributed by atoms with Gasteiger partial charge in [-0.15, -0.1) is 0 Å². The molecule has 10 heteroatoms. The lowest BCUT2D eigenvalue weighted by molar-refractivity contribution is -0.151. The van der Waals surface area contributed by atoms with Crippen LogP contribution in [0.25, 0.3) is 0 Å². The van der Waals surface area contributed by atoms with Crippen molar-refractivity contribution >= 4 is 35.3 Å². The summed E-state index contributed by atoms with van der Waals surface area (Å²) >= 11 is 5.24. The summed E-state index contributed by atoms with van der Waals surface area (Å²) in [6.07, 6.45) is 5.09. The Bertz CT molecular complexity index is 803. The molecule has 0 radical (unpaired) electrons. The van der Waals surface area contributed by atoms with E-state index < -0.39 is 35.2 Å². The van der Waals surface area contributed by atoms with Crippen LogP contribution in [0, 0.1) is 11.8 Å². The van der Waals surface area contributed by atoms with Crippen LogP contribution in [0.4, 0.5) is 4.39 Å². The zero-order valence-electron chi connectivity index (χ0n) is 18.5. The molecular weight excluding hydrogens is 453 g/mol. The lowest BCUT2D eigenvalue weighted by Crippen LogP contribution is -2.51. The van der Waals surface area contributed by atoms with Gasteiger partial charge in [-0.1, -0.05) is 74.0 Å². The summed E-state index contributed by atoms with van der Waals surface area (Å²) in [4.78, 5) is 48.6. The summed E-state index contributed by atoms with van der Waals surface area (Å²) in [7, 11) is 0. The number of nitrogens with two attached hydrogens (primary N) is 1. The number of hydrogen-bond acceptors (Lipinski definition) is 5. The number of nitrogens with one attached hydrogen (secondary N) is 1. The molecule has 182 valence electrons. The second kappa shape index (κ2) is 13.8. The summed E-state index contributed by atoms with van der Waals surface area (Å²) in [5.41, 5.74) is 5.85. The third kappa shape index (κ3) is 9.77. The minimum Gasteiger partial charge on any atom is -0.461 e. The van der Waals surface area contributed by atoms with E-state index in [2.05, 4.69) is 5.43 Å². The Labute approximate surface area is 197 Å². The highest BCUT2D eigenvalue weighted by Crippen LogP contribution is 2.30. The van der Waals surface area contributed by atoms with Crippen molar-refractivity contribution in [3.63, 3.8) is 0 Å². The topological polar surface area (TPSA) is 119 Å². The average Bonchev–Trinajstić information content (AvgIpc) is 2.80. The Morgan fingerprint density at radius 2 is 1.82 bits per heavy atom. The fraction of sp³-hybridized carbons (Fsp3) is 0.565. The number of nitrogens with zero attached hydrogens (tertiary/aromatic N) is 1. The number of carbonyl (C=O) groups excluding carboxylic acids is 4. The number of esters is 1. The van der Waals surface area contributed by atoms with Gasteiger partial charge in [0.25, 0.3) is 11.5 Å². The number of ether oxygens (including phenoxy) is 1. The smallest absolute Gasteiger partial charge is 0.306 e. The van der Waals surface area contributed by atoms with E-state index in [-0.39, 0.29) is 31.9 Å². The van der Waals surface area contributed by atoms with Gasteiger partial charge < -0.3 is 10.5 Å². The fourth-order valence-electron chi connectivity index (χ4n) is 3.89. The number of carbonyl (C=O) groups is 4. The van der Waals surface area contributed by atoms with Crippen molar-refractivity contribution in [2.75, 3.05) is 6.54 Å². The Morgan fingerprint density at radius 1 is 1.15 bits per heavy atom. The SMILES string of the molecule is NC(=O)CCN(NC(=O)[C@@H](CC(=O)OCc1ccccc1)CC1CCCCC1)C(=O)C(F)Cl. The molecule has 1 unspecified atom stereocenters. The van der Waals surface area contributed by atoms with Crippen LogP contribution >= 0.6 is 11.6 Å². The molecule has 8 nitrogen and oxygen atoms in total. The van der Waals surface area contributed by atoms with E-state index in [9.17, 15) is 23.6 Å². The van der Waals surface area contributed by atoms with Crippen LogP contribution in [-0.2, 0) is 30.5 Å². The van der Waals surface area contributed by atoms with Crippen LogP contribution in [0.5, 0.6) is 0 Å². The monoisotopic (exact) mass is 483 g/mol. The van der Waals surface area contributed by atoms with Crippen molar-refractivity contribution in [1.29, 1.82) is 0 Å². The fourth-order valence-corrected chi connectivity index (χ4v) is 4.01. The molecule has 0 aromatic heterocycles. The molecule has 2 atom stereocenters. The van der Waals surface area contributed by atoms with E-state index in [4.69, 9.17) is 22.1 Å². The predicted octanol–water partition coefficient (Wildman–Crippen LogP) is 2.98. The number of benzene rings is 1. The maximum Gasteiger partial charge on any atom is 0.306 e. The minimum atomic E-state index is -2.40. The van der Waals surface area contributed by atoms with E-state index in [1.165, 1.54) is 0 Å². The third-order valence-corrected chi connectivity index (χ3v) is 5.84. The zero-order valence-corrected chi connectivity index (χ0v) is 19.3. The molecular formula is C23H31ClFN3O5. The average molecular weight is 484 g/mol. The highest BCUT2D eigenvalue weighted by Gasteiger charge is 2.31. The van der Waals surface area contributed by atoms with E-state index in [1.54, 1.807) is 0 Å². The van der Waals surface area contributed by atoms with Gasteiger partial charge in [0.15, 0.2) is 0 Å². The highest BCUT2D eigenvalue weighted by molar-refractivity contribution is 6.29. The van der Waals surface area contributed by atoms with E-state index in [0.29, 0.717) is 11.4 Å². The minimum absolute atomic E-state index is 0.0798. The van der Waals surface area contributed by atoms with Crippen LogP contribution in [0.2, 0.25) is 0 Å². The molecule has 1 aliphatic carbocycles. The van der Waals surface area contributed by atoms with Crippen LogP contribution in [0.1, 0.15) is 56.9 Å². The van der Waals surface area contributed by atoms with Crippen molar-refractivity contribution in [2.45, 2.75) is 63.6 Å². The molecule has 0 spiro atoms. The molecule has 0 saturated heterocycles. The standard InChI is InChI=1S/C23H31ClFN3O5/c24-21(25)23(32)28(12-11-19(26)29)27-22(31)18(13-16-7-3-1-4-8-16)14-20(30)33-15-17-9-5-2-6-10-17/h2,5-6,9-10,16,18,21H,1,3-4,7-8,11-15H2,(H2,26,29)(H,27,31)/t18-,21?/m1/s1. The lowest BCUT2D eigenvalue weighted by Gasteiger charge is -2.28. The highest BCUT2D eigenvalue weighted by atomic mass is 35.5. The number of hydrogen-bond donors (Lipinski definition) is 2. The molecule has 1 aromatic carbocycles. The van der Waals surface area contributed by atoms with E-state index >= 15 is 0 Å². The van der Waals surface area contributed by atoms with Gasteiger partial charge in [-0.3, -0.25) is 24.6 Å². The van der Waals surface area contributed by atoms with Gasteiger partial charge >= 0.3 is 5.97 Å². The number of halogens is 2. The number of hydrazine groups is 1. The van der Waals surface area contributed by atoms with Gasteiger partial charge in [-0.25, -0.2) is 9.40 Å². The van der Waals surface area contributed by atoms with Crippen LogP contribution in [0.15, 0.2) is 30.3 Å². The van der Waals surface area contributed by atoms with Crippen molar-refractivity contribution in [3.05, 3.63) is 35.9 Å². The molecule has 0 bridgehead atoms. The van der Waals surface area contributed by atoms with Gasteiger partial charge in [0.2, 0.25) is 11.8 Å². The first-order valence-electron chi connectivity index (χ1n) is 11.1. The van der Waals surface area contributed by atoms with Crippen LogP contribution in [-0.4, -0.2) is 40.9 Å².